The van der Waals surface area contributed by atoms with Crippen LogP contribution in [0.3, 0.4) is 0 Å². The number of hydrogen-bond acceptors (Lipinski definition) is 2. The lowest BCUT2D eigenvalue weighted by Gasteiger charge is -2.16. The number of phenolic OH excluding ortho intramolecular Hbond substituents is 1. The molecule has 0 aromatic heterocycles. The molecule has 0 bridgehead atoms. The Bertz CT molecular complexity index is 396. The van der Waals surface area contributed by atoms with Gasteiger partial charge in [-0.2, -0.15) is 0 Å². The Labute approximate surface area is 104 Å². The van der Waals surface area contributed by atoms with Crippen molar-refractivity contribution in [3.8, 4) is 5.75 Å². The number of aliphatic hydroxyl groups is 1. The summed E-state index contributed by atoms with van der Waals surface area (Å²) in [5.41, 5.74) is 2.80. The predicted octanol–water partition coefficient (Wildman–Crippen LogP) is 3.52. The molecule has 1 aromatic rings. The highest BCUT2D eigenvalue weighted by Crippen LogP contribution is 2.30. The molecule has 0 saturated heterocycles. The summed E-state index contributed by atoms with van der Waals surface area (Å²) in [5.74, 6) is 0.590. The summed E-state index contributed by atoms with van der Waals surface area (Å²) in [5, 5.41) is 19.5. The van der Waals surface area contributed by atoms with E-state index in [1.165, 1.54) is 0 Å². The molecular weight excluding hydrogens is 212 g/mol. The van der Waals surface area contributed by atoms with Gasteiger partial charge in [0.1, 0.15) is 5.75 Å². The molecule has 0 aliphatic rings. The van der Waals surface area contributed by atoms with E-state index in [2.05, 4.69) is 13.5 Å². The Morgan fingerprint density at radius 2 is 2.00 bits per heavy atom. The van der Waals surface area contributed by atoms with E-state index >= 15 is 0 Å². The third kappa shape index (κ3) is 3.90. The first-order valence-corrected chi connectivity index (χ1v) is 6.04. The summed E-state index contributed by atoms with van der Waals surface area (Å²) < 4.78 is 0. The summed E-state index contributed by atoms with van der Waals surface area (Å²) in [6.45, 7) is 9.59. The molecule has 2 N–H and O–H groups in total. The maximum atomic E-state index is 9.86. The number of rotatable bonds is 5. The summed E-state index contributed by atoms with van der Waals surface area (Å²) >= 11 is 0. The van der Waals surface area contributed by atoms with Crippen LogP contribution < -0.4 is 0 Å². The van der Waals surface area contributed by atoms with Gasteiger partial charge >= 0.3 is 0 Å². The molecule has 0 radical (unpaired) electrons. The number of aromatic hydroxyl groups is 1. The average Bonchev–Trinajstić information content (AvgIpc) is 2.25. The van der Waals surface area contributed by atoms with Gasteiger partial charge in [0, 0.05) is 0 Å². The van der Waals surface area contributed by atoms with Crippen molar-refractivity contribution in [1.82, 2.24) is 0 Å². The molecule has 0 heterocycles. The van der Waals surface area contributed by atoms with E-state index in [9.17, 15) is 10.2 Å². The first-order chi connectivity index (χ1) is 7.91. The number of phenols is 1. The van der Waals surface area contributed by atoms with Crippen LogP contribution in [0.5, 0.6) is 5.75 Å². The van der Waals surface area contributed by atoms with Gasteiger partial charge in [0.05, 0.1) is 6.10 Å². The van der Waals surface area contributed by atoms with E-state index < -0.39 is 6.10 Å². The van der Waals surface area contributed by atoms with Crippen molar-refractivity contribution in [2.75, 3.05) is 0 Å². The van der Waals surface area contributed by atoms with Gasteiger partial charge in [-0.05, 0) is 49.8 Å². The molecule has 94 valence electrons. The second-order valence-electron chi connectivity index (χ2n) is 4.90. The fourth-order valence-corrected chi connectivity index (χ4v) is 1.88. The molecule has 17 heavy (non-hydrogen) atoms. The Morgan fingerprint density at radius 1 is 1.35 bits per heavy atom. The van der Waals surface area contributed by atoms with Crippen molar-refractivity contribution in [2.45, 2.75) is 45.6 Å². The second kappa shape index (κ2) is 5.87. The van der Waals surface area contributed by atoms with Crippen LogP contribution >= 0.6 is 0 Å². The van der Waals surface area contributed by atoms with E-state index in [4.69, 9.17) is 0 Å². The third-order valence-electron chi connectivity index (χ3n) is 3.16. The average molecular weight is 234 g/mol. The van der Waals surface area contributed by atoms with Crippen LogP contribution in [0.4, 0.5) is 0 Å². The maximum absolute atomic E-state index is 9.86. The highest BCUT2D eigenvalue weighted by atomic mass is 16.3. The maximum Gasteiger partial charge on any atom is 0.119 e. The van der Waals surface area contributed by atoms with Crippen LogP contribution in [0, 0.1) is 6.92 Å². The first-order valence-electron chi connectivity index (χ1n) is 6.04. The molecule has 0 amide bonds. The number of aliphatic hydroxyl groups excluding tert-OH is 1. The van der Waals surface area contributed by atoms with Crippen LogP contribution in [0.25, 0.3) is 0 Å². The molecule has 1 aromatic carbocycles. The molecule has 2 atom stereocenters. The summed E-state index contributed by atoms with van der Waals surface area (Å²) in [7, 11) is 0. The number of benzene rings is 1. The van der Waals surface area contributed by atoms with Gasteiger partial charge in [-0.15, -0.1) is 0 Å². The quantitative estimate of drug-likeness (QED) is 0.765. The monoisotopic (exact) mass is 234 g/mol. The zero-order valence-electron chi connectivity index (χ0n) is 10.9. The summed E-state index contributed by atoms with van der Waals surface area (Å²) in [6, 6.07) is 5.74. The fourth-order valence-electron chi connectivity index (χ4n) is 1.88. The Hall–Kier alpha value is -1.28. The van der Waals surface area contributed by atoms with Gasteiger partial charge in [-0.1, -0.05) is 31.2 Å². The van der Waals surface area contributed by atoms with Crippen molar-refractivity contribution in [3.05, 3.63) is 41.5 Å². The van der Waals surface area contributed by atoms with E-state index in [0.29, 0.717) is 12.2 Å². The summed E-state index contributed by atoms with van der Waals surface area (Å²) in [6.07, 6.45) is 1.08. The molecule has 0 aliphatic heterocycles. The molecule has 2 unspecified atom stereocenters. The Balaban J connectivity index is 2.64. The van der Waals surface area contributed by atoms with E-state index in [1.807, 2.05) is 26.0 Å². The minimum absolute atomic E-state index is 0.240. The fraction of sp³-hybridized carbons (Fsp3) is 0.467. The van der Waals surface area contributed by atoms with E-state index in [-0.39, 0.29) is 5.92 Å². The second-order valence-corrected chi connectivity index (χ2v) is 4.90. The van der Waals surface area contributed by atoms with Crippen molar-refractivity contribution in [3.63, 3.8) is 0 Å². The Morgan fingerprint density at radius 3 is 2.53 bits per heavy atom. The zero-order chi connectivity index (χ0) is 13.0. The highest BCUT2D eigenvalue weighted by Gasteiger charge is 2.13. The minimum atomic E-state index is -0.440. The predicted molar refractivity (Wildman–Crippen MR) is 71.3 cm³/mol. The number of hydrogen-bond donors (Lipinski definition) is 2. The van der Waals surface area contributed by atoms with E-state index in [1.54, 1.807) is 6.07 Å². The van der Waals surface area contributed by atoms with Gasteiger partial charge in [0.2, 0.25) is 0 Å². The van der Waals surface area contributed by atoms with Crippen molar-refractivity contribution in [1.29, 1.82) is 0 Å². The standard InChI is InChI=1S/C15H22O2/c1-10(2)14(16)8-6-12(4)13-7-5-11(3)9-15(13)17/h5,7,9,12,14,16-17H,1,6,8H2,2-4H3. The Kier molecular flexibility index (Phi) is 4.76. The molecular formula is C15H22O2. The van der Waals surface area contributed by atoms with Crippen LogP contribution in [0.2, 0.25) is 0 Å². The van der Waals surface area contributed by atoms with Crippen molar-refractivity contribution in [2.24, 2.45) is 0 Å². The topological polar surface area (TPSA) is 40.5 Å². The molecule has 0 fully saturated rings. The largest absolute Gasteiger partial charge is 0.508 e. The van der Waals surface area contributed by atoms with Gasteiger partial charge in [-0.3, -0.25) is 0 Å². The van der Waals surface area contributed by atoms with Crippen LogP contribution in [-0.2, 0) is 0 Å². The molecule has 2 nitrogen and oxygen atoms in total. The van der Waals surface area contributed by atoms with Crippen molar-refractivity contribution >= 4 is 0 Å². The van der Waals surface area contributed by atoms with E-state index in [0.717, 1.165) is 23.1 Å². The lowest BCUT2D eigenvalue weighted by molar-refractivity contribution is 0.195. The van der Waals surface area contributed by atoms with Crippen LogP contribution in [-0.4, -0.2) is 16.3 Å². The number of aryl methyl sites for hydroxylation is 1. The summed E-state index contributed by atoms with van der Waals surface area (Å²) in [4.78, 5) is 0. The third-order valence-corrected chi connectivity index (χ3v) is 3.16. The molecule has 0 spiro atoms. The first kappa shape index (κ1) is 13.8. The van der Waals surface area contributed by atoms with Gasteiger partial charge < -0.3 is 10.2 Å². The highest BCUT2D eigenvalue weighted by molar-refractivity contribution is 5.38. The smallest absolute Gasteiger partial charge is 0.119 e. The van der Waals surface area contributed by atoms with Gasteiger partial charge in [0.15, 0.2) is 0 Å². The van der Waals surface area contributed by atoms with Crippen LogP contribution in [0.1, 0.15) is 43.7 Å². The van der Waals surface area contributed by atoms with Gasteiger partial charge in [0.25, 0.3) is 0 Å². The lowest BCUT2D eigenvalue weighted by atomic mass is 9.92. The molecule has 2 heteroatoms. The van der Waals surface area contributed by atoms with Crippen molar-refractivity contribution < 1.29 is 10.2 Å². The van der Waals surface area contributed by atoms with Gasteiger partial charge in [-0.25, -0.2) is 0 Å². The zero-order valence-corrected chi connectivity index (χ0v) is 10.9. The molecule has 0 aliphatic carbocycles. The SMILES string of the molecule is C=C(C)C(O)CCC(C)c1ccc(C)cc1O. The molecule has 1 rings (SSSR count). The molecule has 0 saturated carbocycles. The minimum Gasteiger partial charge on any atom is -0.508 e. The normalized spacial score (nSPS) is 14.4. The lowest BCUT2D eigenvalue weighted by Crippen LogP contribution is -2.08. The van der Waals surface area contributed by atoms with Crippen LogP contribution in [0.15, 0.2) is 30.4 Å².